The van der Waals surface area contributed by atoms with E-state index in [1.54, 1.807) is 13.0 Å². The molecule has 11 heavy (non-hydrogen) atoms. The van der Waals surface area contributed by atoms with E-state index in [9.17, 15) is 5.11 Å². The maximum absolute atomic E-state index is 9.18. The number of nitrogens with zero attached hydrogens (tertiary/aromatic N) is 1. The summed E-state index contributed by atoms with van der Waals surface area (Å²) in [6, 6.07) is 1.29. The molecule has 4 nitrogen and oxygen atoms in total. The molecular formula is C7H10N2O2. The molecule has 1 heterocycles. The van der Waals surface area contributed by atoms with Gasteiger partial charge < -0.3 is 15.9 Å². The number of aromatic nitrogens is 1. The number of hydrogen-bond donors (Lipinski definition) is 3. The van der Waals surface area contributed by atoms with Crippen LogP contribution in [0.1, 0.15) is 6.92 Å². The first-order valence-corrected chi connectivity index (χ1v) is 3.18. The van der Waals surface area contributed by atoms with Crippen molar-refractivity contribution < 1.29 is 10.2 Å². The van der Waals surface area contributed by atoms with Gasteiger partial charge in [0, 0.05) is 12.3 Å². The highest BCUT2D eigenvalue weighted by Crippen LogP contribution is 2.29. The molecule has 0 fully saturated rings. The molecule has 0 bridgehead atoms. The molecule has 1 aromatic heterocycles. The van der Waals surface area contributed by atoms with Crippen molar-refractivity contribution in [3.05, 3.63) is 12.1 Å². The van der Waals surface area contributed by atoms with Crippen LogP contribution < -0.4 is 5.73 Å². The maximum atomic E-state index is 9.18. The maximum Gasteiger partial charge on any atom is 0.222 e. The monoisotopic (exact) mass is 154 g/mol. The zero-order chi connectivity index (χ0) is 8.43. The molecule has 0 amide bonds. The number of nitrogen functional groups attached to an aromatic ring is 1. The van der Waals surface area contributed by atoms with Crippen LogP contribution in [-0.2, 0) is 0 Å². The van der Waals surface area contributed by atoms with E-state index in [2.05, 4.69) is 0 Å². The molecule has 0 unspecified atom stereocenters. The highest BCUT2D eigenvalue weighted by Gasteiger charge is 2.07. The molecule has 1 rings (SSSR count). The van der Waals surface area contributed by atoms with Gasteiger partial charge in [0.25, 0.3) is 0 Å². The zero-order valence-electron chi connectivity index (χ0n) is 6.15. The summed E-state index contributed by atoms with van der Waals surface area (Å²) >= 11 is 0. The lowest BCUT2D eigenvalue weighted by molar-refractivity contribution is 0.408. The van der Waals surface area contributed by atoms with Crippen LogP contribution in [-0.4, -0.2) is 14.8 Å². The van der Waals surface area contributed by atoms with E-state index in [0.29, 0.717) is 0 Å². The Kier molecular flexibility index (Phi) is 1.76. The molecule has 0 aliphatic rings. The number of aromatic hydroxyl groups is 2. The van der Waals surface area contributed by atoms with Crippen LogP contribution in [0.5, 0.6) is 11.8 Å². The molecular weight excluding hydrogens is 144 g/mol. The van der Waals surface area contributed by atoms with Crippen LogP contribution in [0, 0.1) is 0 Å². The molecule has 0 radical (unpaired) electrons. The number of anilines is 1. The molecule has 0 saturated carbocycles. The molecule has 0 atom stereocenters. The Morgan fingerprint density at radius 3 is 2.55 bits per heavy atom. The van der Waals surface area contributed by atoms with Crippen molar-refractivity contribution in [1.29, 1.82) is 0 Å². The SMILES string of the molecule is CC=Cn1c(O)cc(N)c1O. The molecule has 0 aromatic carbocycles. The highest BCUT2D eigenvalue weighted by molar-refractivity contribution is 5.57. The van der Waals surface area contributed by atoms with Gasteiger partial charge in [-0.15, -0.1) is 0 Å². The van der Waals surface area contributed by atoms with Crippen LogP contribution in [0.4, 0.5) is 5.69 Å². The second-order valence-corrected chi connectivity index (χ2v) is 2.13. The Morgan fingerprint density at radius 2 is 2.18 bits per heavy atom. The predicted octanol–water partition coefficient (Wildman–Crippen LogP) is 0.972. The van der Waals surface area contributed by atoms with Crippen LogP contribution in [0.3, 0.4) is 0 Å². The topological polar surface area (TPSA) is 71.4 Å². The van der Waals surface area contributed by atoms with Gasteiger partial charge in [0.1, 0.15) is 0 Å². The van der Waals surface area contributed by atoms with Crippen LogP contribution in [0.2, 0.25) is 0 Å². The first-order valence-electron chi connectivity index (χ1n) is 3.18. The Hall–Kier alpha value is -1.58. The Balaban J connectivity index is 3.22. The molecule has 4 heteroatoms. The van der Waals surface area contributed by atoms with Gasteiger partial charge in [-0.25, -0.2) is 0 Å². The summed E-state index contributed by atoms with van der Waals surface area (Å²) in [7, 11) is 0. The second kappa shape index (κ2) is 2.57. The van der Waals surface area contributed by atoms with Crippen molar-refractivity contribution in [3.63, 3.8) is 0 Å². The van der Waals surface area contributed by atoms with Crippen molar-refractivity contribution in [2.75, 3.05) is 5.73 Å². The summed E-state index contributed by atoms with van der Waals surface area (Å²) in [5.41, 5.74) is 5.47. The van der Waals surface area contributed by atoms with Gasteiger partial charge in [-0.05, 0) is 6.92 Å². The minimum Gasteiger partial charge on any atom is -0.494 e. The van der Waals surface area contributed by atoms with Gasteiger partial charge >= 0.3 is 0 Å². The summed E-state index contributed by atoms with van der Waals surface area (Å²) in [5, 5.41) is 18.3. The predicted molar refractivity (Wildman–Crippen MR) is 43.2 cm³/mol. The Labute approximate surface area is 64.2 Å². The average molecular weight is 154 g/mol. The number of hydrogen-bond acceptors (Lipinski definition) is 3. The Morgan fingerprint density at radius 1 is 1.55 bits per heavy atom. The highest BCUT2D eigenvalue weighted by atomic mass is 16.3. The van der Waals surface area contributed by atoms with Gasteiger partial charge in [-0.1, -0.05) is 6.08 Å². The third-order valence-corrected chi connectivity index (χ3v) is 1.32. The summed E-state index contributed by atoms with van der Waals surface area (Å²) in [6.07, 6.45) is 3.19. The summed E-state index contributed by atoms with van der Waals surface area (Å²) in [5.74, 6) is -0.210. The summed E-state index contributed by atoms with van der Waals surface area (Å²) in [6.45, 7) is 1.77. The summed E-state index contributed by atoms with van der Waals surface area (Å²) < 4.78 is 1.19. The second-order valence-electron chi connectivity index (χ2n) is 2.13. The van der Waals surface area contributed by atoms with E-state index in [0.717, 1.165) is 0 Å². The molecule has 1 aromatic rings. The largest absolute Gasteiger partial charge is 0.494 e. The third kappa shape index (κ3) is 1.14. The number of rotatable bonds is 1. The lowest BCUT2D eigenvalue weighted by Crippen LogP contribution is -1.85. The van der Waals surface area contributed by atoms with E-state index in [1.807, 2.05) is 0 Å². The average Bonchev–Trinajstić information content (AvgIpc) is 2.17. The van der Waals surface area contributed by atoms with E-state index >= 15 is 0 Å². The van der Waals surface area contributed by atoms with Gasteiger partial charge in [0.2, 0.25) is 5.88 Å². The van der Waals surface area contributed by atoms with Gasteiger partial charge in [0.15, 0.2) is 5.88 Å². The fourth-order valence-corrected chi connectivity index (χ4v) is 0.817. The van der Waals surface area contributed by atoms with Gasteiger partial charge in [-0.2, -0.15) is 0 Å². The van der Waals surface area contributed by atoms with E-state index in [-0.39, 0.29) is 17.4 Å². The van der Waals surface area contributed by atoms with E-state index in [4.69, 9.17) is 10.8 Å². The van der Waals surface area contributed by atoms with Crippen molar-refractivity contribution in [3.8, 4) is 11.8 Å². The van der Waals surface area contributed by atoms with Crippen LogP contribution in [0.15, 0.2) is 12.1 Å². The van der Waals surface area contributed by atoms with Crippen LogP contribution in [0.25, 0.3) is 6.20 Å². The minimum absolute atomic E-state index is 0.0712. The number of allylic oxidation sites excluding steroid dienone is 1. The van der Waals surface area contributed by atoms with E-state index in [1.165, 1.54) is 16.8 Å². The van der Waals surface area contributed by atoms with Crippen molar-refractivity contribution in [2.24, 2.45) is 0 Å². The fraction of sp³-hybridized carbons (Fsp3) is 0.143. The first-order chi connectivity index (χ1) is 5.16. The zero-order valence-corrected chi connectivity index (χ0v) is 6.15. The standard InChI is InChI=1S/C7H10N2O2/c1-2-3-9-6(10)4-5(8)7(9)11/h2-4,10-11H,8H2,1H3. The van der Waals surface area contributed by atoms with Gasteiger partial charge in [0.05, 0.1) is 5.69 Å². The van der Waals surface area contributed by atoms with Crippen molar-refractivity contribution >= 4 is 11.9 Å². The minimum atomic E-state index is -0.138. The molecule has 0 saturated heterocycles. The molecule has 60 valence electrons. The molecule has 0 aliphatic carbocycles. The molecule has 4 N–H and O–H groups in total. The lowest BCUT2D eigenvalue weighted by Gasteiger charge is -1.97. The molecule has 0 aliphatic heterocycles. The Bertz CT molecular complexity index is 289. The van der Waals surface area contributed by atoms with Crippen molar-refractivity contribution in [2.45, 2.75) is 6.92 Å². The van der Waals surface area contributed by atoms with E-state index < -0.39 is 0 Å². The lowest BCUT2D eigenvalue weighted by atomic mass is 10.5. The fourth-order valence-electron chi connectivity index (χ4n) is 0.817. The first kappa shape index (κ1) is 7.53. The van der Waals surface area contributed by atoms with Gasteiger partial charge in [-0.3, -0.25) is 4.57 Å². The van der Waals surface area contributed by atoms with Crippen molar-refractivity contribution in [1.82, 2.24) is 4.57 Å². The number of nitrogens with two attached hydrogens (primary N) is 1. The normalized spacial score (nSPS) is 11.0. The smallest absolute Gasteiger partial charge is 0.222 e. The quantitative estimate of drug-likeness (QED) is 0.564. The summed E-state index contributed by atoms with van der Waals surface area (Å²) in [4.78, 5) is 0. The third-order valence-electron chi connectivity index (χ3n) is 1.32. The molecule has 0 spiro atoms. The van der Waals surface area contributed by atoms with Crippen LogP contribution >= 0.6 is 0 Å².